The van der Waals surface area contributed by atoms with Gasteiger partial charge in [0.2, 0.25) is 21.8 Å². The number of rotatable bonds is 12. The van der Waals surface area contributed by atoms with Crippen molar-refractivity contribution in [1.82, 2.24) is 10.2 Å². The molecule has 0 saturated carbocycles. The van der Waals surface area contributed by atoms with Crippen LogP contribution in [-0.4, -0.2) is 50.5 Å². The fourth-order valence-electron chi connectivity index (χ4n) is 4.44. The largest absolute Gasteiger partial charge is 0.354 e. The molecule has 0 fully saturated rings. The lowest BCUT2D eigenvalue weighted by atomic mass is 10.0. The van der Waals surface area contributed by atoms with Crippen LogP contribution >= 0.6 is 0 Å². The number of nitrogens with one attached hydrogen (secondary N) is 1. The Morgan fingerprint density at radius 2 is 1.46 bits per heavy atom. The van der Waals surface area contributed by atoms with Crippen molar-refractivity contribution in [2.45, 2.75) is 46.7 Å². The predicted molar refractivity (Wildman–Crippen MR) is 157 cm³/mol. The van der Waals surface area contributed by atoms with E-state index in [0.29, 0.717) is 18.7 Å². The number of hydrogen-bond acceptors (Lipinski definition) is 4. The molecule has 0 aliphatic carbocycles. The highest BCUT2D eigenvalue weighted by Crippen LogP contribution is 2.24. The van der Waals surface area contributed by atoms with Gasteiger partial charge in [-0.05, 0) is 42.5 Å². The Hall–Kier alpha value is -3.65. The summed E-state index contributed by atoms with van der Waals surface area (Å²) < 4.78 is 27.0. The third kappa shape index (κ3) is 8.68. The van der Waals surface area contributed by atoms with Crippen molar-refractivity contribution in [3.8, 4) is 0 Å². The van der Waals surface area contributed by atoms with E-state index in [2.05, 4.69) is 5.32 Å². The summed E-state index contributed by atoms with van der Waals surface area (Å²) in [6, 6.07) is 23.6. The van der Waals surface area contributed by atoms with Gasteiger partial charge in [0.1, 0.15) is 12.6 Å². The van der Waals surface area contributed by atoms with Crippen LogP contribution in [0.15, 0.2) is 78.9 Å². The Morgan fingerprint density at radius 3 is 2.00 bits per heavy atom. The molecule has 0 aliphatic rings. The number of carbonyl (C=O) groups excluding carboxylic acids is 2. The van der Waals surface area contributed by atoms with E-state index in [1.54, 1.807) is 6.07 Å². The van der Waals surface area contributed by atoms with Crippen molar-refractivity contribution < 1.29 is 18.0 Å². The molecule has 0 bridgehead atoms. The van der Waals surface area contributed by atoms with E-state index in [0.717, 1.165) is 32.8 Å². The summed E-state index contributed by atoms with van der Waals surface area (Å²) in [6.45, 7) is 7.98. The van der Waals surface area contributed by atoms with Crippen LogP contribution in [0.3, 0.4) is 0 Å². The molecule has 0 radical (unpaired) electrons. The lowest BCUT2D eigenvalue weighted by Crippen LogP contribution is -2.53. The van der Waals surface area contributed by atoms with Gasteiger partial charge in [-0.3, -0.25) is 13.9 Å². The van der Waals surface area contributed by atoms with Crippen LogP contribution in [0.4, 0.5) is 5.69 Å². The molecule has 39 heavy (non-hydrogen) atoms. The van der Waals surface area contributed by atoms with E-state index in [9.17, 15) is 18.0 Å². The molecule has 3 rings (SSSR count). The van der Waals surface area contributed by atoms with E-state index < -0.39 is 28.5 Å². The van der Waals surface area contributed by atoms with Gasteiger partial charge in [-0.2, -0.15) is 0 Å². The molecule has 0 aromatic heterocycles. The SMILES string of the molecule is Cc1ccc(N(CC(=O)N(Cc2ccccc2)[C@@H](Cc2ccccc2)C(=O)NCC(C)C)S(C)(=O)=O)c(C)c1. The number of amides is 2. The lowest BCUT2D eigenvalue weighted by molar-refractivity contribution is -0.140. The zero-order chi connectivity index (χ0) is 28.6. The van der Waals surface area contributed by atoms with Crippen LogP contribution < -0.4 is 9.62 Å². The van der Waals surface area contributed by atoms with E-state index in [1.807, 2.05) is 100 Å². The minimum absolute atomic E-state index is 0.163. The first-order valence-electron chi connectivity index (χ1n) is 13.2. The molecule has 8 heteroatoms. The van der Waals surface area contributed by atoms with Crippen molar-refractivity contribution in [2.75, 3.05) is 23.7 Å². The standard InChI is InChI=1S/C31H39N3O4S/c1-23(2)20-32-31(36)29(19-26-12-8-6-9-13-26)33(21-27-14-10-7-11-15-27)30(35)22-34(39(5,37)38)28-17-16-24(3)18-25(28)4/h6-18,23,29H,19-22H2,1-5H3,(H,32,36)/t29-/m0/s1. The minimum Gasteiger partial charge on any atom is -0.354 e. The molecule has 7 nitrogen and oxygen atoms in total. The second-order valence-electron chi connectivity index (χ2n) is 10.4. The van der Waals surface area contributed by atoms with Gasteiger partial charge >= 0.3 is 0 Å². The number of carbonyl (C=O) groups is 2. The molecule has 0 aliphatic heterocycles. The third-order valence-electron chi connectivity index (χ3n) is 6.45. The van der Waals surface area contributed by atoms with E-state index in [1.165, 1.54) is 4.90 Å². The van der Waals surface area contributed by atoms with E-state index >= 15 is 0 Å². The van der Waals surface area contributed by atoms with Gasteiger partial charge in [0, 0.05) is 19.5 Å². The fraction of sp³-hybridized carbons (Fsp3) is 0.355. The van der Waals surface area contributed by atoms with Gasteiger partial charge in [-0.25, -0.2) is 8.42 Å². The van der Waals surface area contributed by atoms with E-state index in [-0.39, 0.29) is 18.4 Å². The molecule has 208 valence electrons. The summed E-state index contributed by atoms with van der Waals surface area (Å²) in [4.78, 5) is 29.2. The predicted octanol–water partition coefficient (Wildman–Crippen LogP) is 4.48. The highest BCUT2D eigenvalue weighted by Gasteiger charge is 2.33. The first-order valence-corrected chi connectivity index (χ1v) is 15.0. The average Bonchev–Trinajstić information content (AvgIpc) is 2.88. The van der Waals surface area contributed by atoms with Crippen LogP contribution in [0, 0.1) is 19.8 Å². The molecule has 3 aromatic rings. The Kier molecular flexibility index (Phi) is 10.3. The maximum atomic E-state index is 14.1. The molecule has 1 atom stereocenters. The first kappa shape index (κ1) is 29.9. The highest BCUT2D eigenvalue weighted by atomic mass is 32.2. The molecule has 0 heterocycles. The van der Waals surface area contributed by atoms with Gasteiger partial charge < -0.3 is 10.2 Å². The summed E-state index contributed by atoms with van der Waals surface area (Å²) in [7, 11) is -3.80. The lowest BCUT2D eigenvalue weighted by Gasteiger charge is -2.34. The number of anilines is 1. The molecule has 2 amide bonds. The van der Waals surface area contributed by atoms with Crippen LogP contribution in [0.1, 0.15) is 36.1 Å². The first-order chi connectivity index (χ1) is 18.5. The monoisotopic (exact) mass is 549 g/mol. The zero-order valence-electron chi connectivity index (χ0n) is 23.4. The van der Waals surface area contributed by atoms with Gasteiger partial charge in [-0.1, -0.05) is 92.2 Å². The summed E-state index contributed by atoms with van der Waals surface area (Å²) in [5.41, 5.74) is 3.94. The van der Waals surface area contributed by atoms with Crippen LogP contribution in [0.5, 0.6) is 0 Å². The zero-order valence-corrected chi connectivity index (χ0v) is 24.2. The molecule has 1 N–H and O–H groups in total. The van der Waals surface area contributed by atoms with Gasteiger partial charge in [0.15, 0.2) is 0 Å². The molecule has 0 saturated heterocycles. The minimum atomic E-state index is -3.80. The Bertz CT molecular complexity index is 1360. The normalized spacial score (nSPS) is 12.2. The number of benzene rings is 3. The number of hydrogen-bond donors (Lipinski definition) is 1. The van der Waals surface area contributed by atoms with Gasteiger partial charge in [-0.15, -0.1) is 0 Å². The summed E-state index contributed by atoms with van der Waals surface area (Å²) in [6.07, 6.45) is 1.39. The van der Waals surface area contributed by atoms with Crippen molar-refractivity contribution in [3.05, 3.63) is 101 Å². The van der Waals surface area contributed by atoms with E-state index in [4.69, 9.17) is 0 Å². The highest BCUT2D eigenvalue weighted by molar-refractivity contribution is 7.92. The van der Waals surface area contributed by atoms with Gasteiger partial charge in [0.25, 0.3) is 0 Å². The summed E-state index contributed by atoms with van der Waals surface area (Å²) in [5.74, 6) is -0.492. The second-order valence-corrected chi connectivity index (χ2v) is 12.3. The molecular weight excluding hydrogens is 510 g/mol. The van der Waals surface area contributed by atoms with Gasteiger partial charge in [0.05, 0.1) is 11.9 Å². The quantitative estimate of drug-likeness (QED) is 0.361. The average molecular weight is 550 g/mol. The second kappa shape index (κ2) is 13.4. The number of sulfonamides is 1. The summed E-state index contributed by atoms with van der Waals surface area (Å²) >= 11 is 0. The van der Waals surface area contributed by atoms with Crippen molar-refractivity contribution in [1.29, 1.82) is 0 Å². The van der Waals surface area contributed by atoms with Crippen molar-refractivity contribution in [2.24, 2.45) is 5.92 Å². The van der Waals surface area contributed by atoms with Crippen LogP contribution in [0.25, 0.3) is 0 Å². The topological polar surface area (TPSA) is 86.8 Å². The maximum Gasteiger partial charge on any atom is 0.244 e. The molecule has 0 spiro atoms. The summed E-state index contributed by atoms with van der Waals surface area (Å²) in [5, 5.41) is 2.99. The van der Waals surface area contributed by atoms with Crippen molar-refractivity contribution >= 4 is 27.5 Å². The maximum absolute atomic E-state index is 14.1. The van der Waals surface area contributed by atoms with Crippen LogP contribution in [-0.2, 0) is 32.6 Å². The Labute approximate surface area is 232 Å². The third-order valence-corrected chi connectivity index (χ3v) is 7.58. The number of nitrogens with zero attached hydrogens (tertiary/aromatic N) is 2. The smallest absolute Gasteiger partial charge is 0.244 e. The fourth-order valence-corrected chi connectivity index (χ4v) is 5.34. The Balaban J connectivity index is 2.04. The molecule has 0 unspecified atom stereocenters. The number of aryl methyl sites for hydroxylation is 2. The van der Waals surface area contributed by atoms with Crippen molar-refractivity contribution in [3.63, 3.8) is 0 Å². The molecule has 3 aromatic carbocycles. The van der Waals surface area contributed by atoms with Crippen LogP contribution in [0.2, 0.25) is 0 Å². The Morgan fingerprint density at radius 1 is 0.872 bits per heavy atom. The molecular formula is C31H39N3O4S.